The molecule has 8 heteroatoms. The van der Waals surface area contributed by atoms with Crippen molar-refractivity contribution in [2.75, 3.05) is 24.6 Å². The van der Waals surface area contributed by atoms with Crippen LogP contribution in [-0.4, -0.2) is 40.7 Å². The molecule has 0 saturated carbocycles. The number of anilines is 1. The first kappa shape index (κ1) is 19.4. The van der Waals surface area contributed by atoms with Gasteiger partial charge >= 0.3 is 0 Å². The van der Waals surface area contributed by atoms with Gasteiger partial charge in [-0.1, -0.05) is 0 Å². The number of aromatic amines is 1. The fourth-order valence-electron chi connectivity index (χ4n) is 4.07. The van der Waals surface area contributed by atoms with Crippen LogP contribution in [0.4, 0.5) is 10.1 Å². The van der Waals surface area contributed by atoms with E-state index in [2.05, 4.69) is 10.2 Å². The van der Waals surface area contributed by atoms with Crippen LogP contribution in [0.3, 0.4) is 0 Å². The number of rotatable bonds is 4. The Hall–Kier alpha value is -2.90. The molecule has 1 saturated heterocycles. The quantitative estimate of drug-likeness (QED) is 0.853. The molecule has 154 valence electrons. The first-order chi connectivity index (χ1) is 13.9. The van der Waals surface area contributed by atoms with E-state index in [1.165, 1.54) is 6.07 Å². The molecule has 1 N–H and O–H groups in total. The largest absolute Gasteiger partial charge is 0.490 e. The number of likely N-dealkylation sites (tertiary alicyclic amines) is 1. The summed E-state index contributed by atoms with van der Waals surface area (Å²) in [6.07, 6.45) is 3.37. The zero-order chi connectivity index (χ0) is 20.5. The summed E-state index contributed by atoms with van der Waals surface area (Å²) in [5.74, 6) is 0.317. The molecule has 0 atom stereocenters. The molecule has 1 amide bonds. The molecule has 0 bridgehead atoms. The maximum Gasteiger partial charge on any atom is 0.269 e. The third-order valence-electron chi connectivity index (χ3n) is 5.93. The standard InChI is InChI=1S/C21H25FN4O3/c1-13-19(9-23-24-21(13)28)26-10-16-7-18(22)20(8-17(16)11-26)29-12-15-3-5-25(6-4-15)14(2)27/h7-9,15H,3-6,10-12H2,1-2H3,(H,24,28). The Balaban J connectivity index is 1.42. The van der Waals surface area contributed by atoms with Gasteiger partial charge < -0.3 is 14.5 Å². The van der Waals surface area contributed by atoms with Crippen LogP contribution in [0.2, 0.25) is 0 Å². The Morgan fingerprint density at radius 3 is 2.66 bits per heavy atom. The topological polar surface area (TPSA) is 78.5 Å². The summed E-state index contributed by atoms with van der Waals surface area (Å²) in [7, 11) is 0. The van der Waals surface area contributed by atoms with Gasteiger partial charge in [0.15, 0.2) is 11.6 Å². The second-order valence-corrected chi connectivity index (χ2v) is 7.88. The van der Waals surface area contributed by atoms with Crippen LogP contribution in [-0.2, 0) is 17.9 Å². The molecule has 4 rings (SSSR count). The number of carbonyl (C=O) groups excluding carboxylic acids is 1. The number of piperidine rings is 1. The molecule has 3 heterocycles. The van der Waals surface area contributed by atoms with Crippen LogP contribution in [0.5, 0.6) is 5.75 Å². The van der Waals surface area contributed by atoms with Gasteiger partial charge in [-0.15, -0.1) is 0 Å². The summed E-state index contributed by atoms with van der Waals surface area (Å²) in [5.41, 5.74) is 3.02. The number of hydrogen-bond donors (Lipinski definition) is 1. The van der Waals surface area contributed by atoms with Gasteiger partial charge in [0.2, 0.25) is 5.91 Å². The molecular weight excluding hydrogens is 375 g/mol. The van der Waals surface area contributed by atoms with E-state index < -0.39 is 0 Å². The van der Waals surface area contributed by atoms with Crippen LogP contribution in [0.1, 0.15) is 36.5 Å². The van der Waals surface area contributed by atoms with E-state index in [4.69, 9.17) is 4.74 Å². The number of fused-ring (bicyclic) bond motifs is 1. The monoisotopic (exact) mass is 400 g/mol. The third-order valence-corrected chi connectivity index (χ3v) is 5.93. The van der Waals surface area contributed by atoms with Crippen molar-refractivity contribution >= 4 is 11.6 Å². The van der Waals surface area contributed by atoms with Gasteiger partial charge in [-0.2, -0.15) is 5.10 Å². The minimum atomic E-state index is -0.368. The zero-order valence-corrected chi connectivity index (χ0v) is 16.7. The summed E-state index contributed by atoms with van der Waals surface area (Å²) in [4.78, 5) is 27.1. The van der Waals surface area contributed by atoms with Gasteiger partial charge in [-0.3, -0.25) is 9.59 Å². The van der Waals surface area contributed by atoms with E-state index in [9.17, 15) is 14.0 Å². The van der Waals surface area contributed by atoms with Gasteiger partial charge in [0.1, 0.15) is 0 Å². The lowest BCUT2D eigenvalue weighted by Crippen LogP contribution is -2.38. The number of nitrogens with one attached hydrogen (secondary N) is 1. The maximum atomic E-state index is 14.6. The van der Waals surface area contributed by atoms with Crippen molar-refractivity contribution in [2.45, 2.75) is 39.8 Å². The third kappa shape index (κ3) is 3.97. The van der Waals surface area contributed by atoms with E-state index in [1.807, 2.05) is 9.80 Å². The molecule has 1 fully saturated rings. The van der Waals surface area contributed by atoms with E-state index in [0.717, 1.165) is 42.7 Å². The molecule has 2 aliphatic rings. The van der Waals surface area contributed by atoms with E-state index >= 15 is 0 Å². The average molecular weight is 400 g/mol. The molecular formula is C21H25FN4O3. The Morgan fingerprint density at radius 1 is 1.28 bits per heavy atom. The normalized spacial score (nSPS) is 16.8. The van der Waals surface area contributed by atoms with Gasteiger partial charge in [0.05, 0.1) is 18.5 Å². The van der Waals surface area contributed by atoms with Crippen molar-refractivity contribution < 1.29 is 13.9 Å². The van der Waals surface area contributed by atoms with Crippen molar-refractivity contribution in [1.29, 1.82) is 0 Å². The van der Waals surface area contributed by atoms with Crippen molar-refractivity contribution in [3.63, 3.8) is 0 Å². The number of ether oxygens (including phenoxy) is 1. The Kier molecular flexibility index (Phi) is 5.25. The van der Waals surface area contributed by atoms with Crippen molar-refractivity contribution in [2.24, 2.45) is 5.92 Å². The van der Waals surface area contributed by atoms with Crippen LogP contribution in [0.25, 0.3) is 0 Å². The number of nitrogens with zero attached hydrogens (tertiary/aromatic N) is 3. The van der Waals surface area contributed by atoms with Crippen molar-refractivity contribution in [3.05, 3.63) is 51.2 Å². The molecule has 0 spiro atoms. The molecule has 2 aromatic rings. The highest BCUT2D eigenvalue weighted by Crippen LogP contribution is 2.33. The zero-order valence-electron chi connectivity index (χ0n) is 16.7. The second kappa shape index (κ2) is 7.85. The van der Waals surface area contributed by atoms with Gasteiger partial charge in [-0.05, 0) is 48.9 Å². The summed E-state index contributed by atoms with van der Waals surface area (Å²) < 4.78 is 20.4. The number of hydrogen-bond acceptors (Lipinski definition) is 5. The lowest BCUT2D eigenvalue weighted by molar-refractivity contribution is -0.130. The lowest BCUT2D eigenvalue weighted by atomic mass is 9.98. The van der Waals surface area contributed by atoms with E-state index in [-0.39, 0.29) is 23.0 Å². The first-order valence-corrected chi connectivity index (χ1v) is 9.91. The molecule has 2 aliphatic heterocycles. The highest BCUT2D eigenvalue weighted by Gasteiger charge is 2.25. The van der Waals surface area contributed by atoms with Gasteiger partial charge in [0.25, 0.3) is 5.56 Å². The first-order valence-electron chi connectivity index (χ1n) is 9.91. The molecule has 0 aliphatic carbocycles. The molecule has 1 aromatic carbocycles. The molecule has 1 aromatic heterocycles. The number of carbonyl (C=O) groups is 1. The molecule has 29 heavy (non-hydrogen) atoms. The summed E-state index contributed by atoms with van der Waals surface area (Å²) in [6, 6.07) is 3.30. The molecule has 0 radical (unpaired) electrons. The number of H-pyrrole nitrogens is 1. The number of benzene rings is 1. The van der Waals surface area contributed by atoms with E-state index in [0.29, 0.717) is 31.2 Å². The number of amides is 1. The average Bonchev–Trinajstić information content (AvgIpc) is 3.11. The Bertz CT molecular complexity index is 982. The molecule has 7 nitrogen and oxygen atoms in total. The van der Waals surface area contributed by atoms with Crippen molar-refractivity contribution in [3.8, 4) is 5.75 Å². The lowest BCUT2D eigenvalue weighted by Gasteiger charge is -2.31. The fourth-order valence-corrected chi connectivity index (χ4v) is 4.07. The Morgan fingerprint density at radius 2 is 1.97 bits per heavy atom. The van der Waals surface area contributed by atoms with Gasteiger partial charge in [-0.25, -0.2) is 9.49 Å². The second-order valence-electron chi connectivity index (χ2n) is 7.88. The fraction of sp³-hybridized carbons (Fsp3) is 0.476. The maximum absolute atomic E-state index is 14.6. The van der Waals surface area contributed by atoms with E-state index in [1.54, 1.807) is 26.1 Å². The summed E-state index contributed by atoms with van der Waals surface area (Å²) in [5, 5.41) is 6.31. The highest BCUT2D eigenvalue weighted by molar-refractivity contribution is 5.73. The Labute approximate surface area is 168 Å². The predicted molar refractivity (Wildman–Crippen MR) is 106 cm³/mol. The predicted octanol–water partition coefficient (Wildman–Crippen LogP) is 2.37. The molecule has 0 unspecified atom stereocenters. The minimum Gasteiger partial charge on any atom is -0.490 e. The van der Waals surface area contributed by atoms with Crippen LogP contribution < -0.4 is 15.2 Å². The summed E-state index contributed by atoms with van der Waals surface area (Å²) >= 11 is 0. The number of halogens is 1. The van der Waals surface area contributed by atoms with Crippen LogP contribution in [0.15, 0.2) is 23.1 Å². The van der Waals surface area contributed by atoms with Gasteiger partial charge in [0, 0.05) is 38.7 Å². The summed E-state index contributed by atoms with van der Waals surface area (Å²) in [6.45, 7) is 6.36. The minimum absolute atomic E-state index is 0.101. The van der Waals surface area contributed by atoms with Crippen LogP contribution in [0, 0.1) is 18.7 Å². The number of aromatic nitrogens is 2. The highest BCUT2D eigenvalue weighted by atomic mass is 19.1. The SMILES string of the molecule is CC(=O)N1CCC(COc2cc3c(cc2F)CN(c2cn[nH]c(=O)c2C)C3)CC1. The van der Waals surface area contributed by atoms with Crippen LogP contribution >= 0.6 is 0 Å². The van der Waals surface area contributed by atoms with Crippen molar-refractivity contribution in [1.82, 2.24) is 15.1 Å². The smallest absolute Gasteiger partial charge is 0.269 e.